The van der Waals surface area contributed by atoms with Crippen molar-refractivity contribution in [2.24, 2.45) is 5.10 Å². The summed E-state index contributed by atoms with van der Waals surface area (Å²) in [5, 5.41) is 3.78. The fourth-order valence-corrected chi connectivity index (χ4v) is 1.17. The van der Waals surface area contributed by atoms with Crippen LogP contribution in [0.3, 0.4) is 0 Å². The minimum absolute atomic E-state index is 0.191. The minimum atomic E-state index is -0.191. The number of amides is 1. The van der Waals surface area contributed by atoms with E-state index in [9.17, 15) is 4.79 Å². The lowest BCUT2D eigenvalue weighted by Gasteiger charge is -2.03. The van der Waals surface area contributed by atoms with Crippen molar-refractivity contribution in [2.45, 2.75) is 20.8 Å². The van der Waals surface area contributed by atoms with E-state index < -0.39 is 0 Å². The van der Waals surface area contributed by atoms with Gasteiger partial charge in [0.15, 0.2) is 0 Å². The second kappa shape index (κ2) is 5.85. The highest BCUT2D eigenvalue weighted by atomic mass is 16.2. The predicted octanol–water partition coefficient (Wildman–Crippen LogP) is 2.60. The van der Waals surface area contributed by atoms with E-state index in [0.717, 1.165) is 5.56 Å². The number of carbonyl (C=O) groups is 1. The Morgan fingerprint density at radius 2 is 2.06 bits per heavy atom. The normalized spacial score (nSPS) is 11.2. The molecule has 0 aliphatic rings. The van der Waals surface area contributed by atoms with Crippen molar-refractivity contribution >= 4 is 12.1 Å². The summed E-state index contributed by atoms with van der Waals surface area (Å²) in [5.74, 6) is -0.191. The quantitative estimate of drug-likeness (QED) is 0.612. The molecule has 1 rings (SSSR count). The summed E-state index contributed by atoms with van der Waals surface area (Å²) in [7, 11) is 0. The molecule has 0 fully saturated rings. The van der Waals surface area contributed by atoms with E-state index in [4.69, 9.17) is 0 Å². The topological polar surface area (TPSA) is 41.5 Å². The van der Waals surface area contributed by atoms with Gasteiger partial charge in [-0.1, -0.05) is 12.1 Å². The average molecular weight is 216 g/mol. The zero-order valence-corrected chi connectivity index (χ0v) is 9.82. The van der Waals surface area contributed by atoms with Crippen LogP contribution in [-0.4, -0.2) is 12.1 Å². The standard InChI is InChI=1S/C13H16N2O/c1-4-5-8-14-15-13(16)12-7-6-10(2)11(3)9-12/h4-9H,1-3H3,(H,15,16). The van der Waals surface area contributed by atoms with Gasteiger partial charge in [0.2, 0.25) is 0 Å². The number of hydrazone groups is 1. The van der Waals surface area contributed by atoms with Crippen molar-refractivity contribution < 1.29 is 4.79 Å². The Morgan fingerprint density at radius 3 is 2.69 bits per heavy atom. The second-order valence-electron chi connectivity index (χ2n) is 3.54. The van der Waals surface area contributed by atoms with E-state index in [1.807, 2.05) is 39.0 Å². The summed E-state index contributed by atoms with van der Waals surface area (Å²) in [4.78, 5) is 11.6. The van der Waals surface area contributed by atoms with Gasteiger partial charge in [0.1, 0.15) is 0 Å². The molecule has 0 aliphatic heterocycles. The Hall–Kier alpha value is -1.90. The molecule has 0 aromatic heterocycles. The summed E-state index contributed by atoms with van der Waals surface area (Å²) >= 11 is 0. The van der Waals surface area contributed by atoms with Crippen LogP contribution in [0.15, 0.2) is 35.5 Å². The first kappa shape index (κ1) is 12.2. The molecule has 1 aromatic rings. The summed E-state index contributed by atoms with van der Waals surface area (Å²) in [6.07, 6.45) is 5.13. The van der Waals surface area contributed by atoms with E-state index in [1.165, 1.54) is 5.56 Å². The van der Waals surface area contributed by atoms with Crippen molar-refractivity contribution in [3.63, 3.8) is 0 Å². The van der Waals surface area contributed by atoms with Crippen molar-refractivity contribution in [1.29, 1.82) is 0 Å². The van der Waals surface area contributed by atoms with Crippen molar-refractivity contribution in [3.8, 4) is 0 Å². The summed E-state index contributed by atoms with van der Waals surface area (Å²) in [6.45, 7) is 5.88. The molecule has 3 nitrogen and oxygen atoms in total. The molecule has 84 valence electrons. The number of aryl methyl sites for hydroxylation is 2. The first-order chi connectivity index (χ1) is 7.65. The molecule has 1 amide bonds. The number of hydrogen-bond donors (Lipinski definition) is 1. The molecule has 0 heterocycles. The third kappa shape index (κ3) is 3.35. The molecule has 0 saturated heterocycles. The molecular weight excluding hydrogens is 200 g/mol. The Bertz CT molecular complexity index is 434. The number of nitrogens with zero attached hydrogens (tertiary/aromatic N) is 1. The minimum Gasteiger partial charge on any atom is -0.267 e. The van der Waals surface area contributed by atoms with Crippen LogP contribution in [0.1, 0.15) is 28.4 Å². The number of hydrogen-bond acceptors (Lipinski definition) is 2. The monoisotopic (exact) mass is 216 g/mol. The smallest absolute Gasteiger partial charge is 0.267 e. The highest BCUT2D eigenvalue weighted by molar-refractivity contribution is 5.94. The lowest BCUT2D eigenvalue weighted by atomic mass is 10.1. The van der Waals surface area contributed by atoms with E-state index in [-0.39, 0.29) is 5.91 Å². The summed E-state index contributed by atoms with van der Waals surface area (Å²) < 4.78 is 0. The van der Waals surface area contributed by atoms with E-state index in [0.29, 0.717) is 5.56 Å². The van der Waals surface area contributed by atoms with E-state index >= 15 is 0 Å². The van der Waals surface area contributed by atoms with Gasteiger partial charge in [-0.2, -0.15) is 5.10 Å². The maximum absolute atomic E-state index is 11.6. The van der Waals surface area contributed by atoms with Gasteiger partial charge in [-0.05, 0) is 50.1 Å². The van der Waals surface area contributed by atoms with Crippen LogP contribution < -0.4 is 5.43 Å². The number of rotatable bonds is 3. The Labute approximate surface area is 95.9 Å². The van der Waals surface area contributed by atoms with Gasteiger partial charge in [0.25, 0.3) is 5.91 Å². The molecule has 16 heavy (non-hydrogen) atoms. The molecule has 0 atom stereocenters. The highest BCUT2D eigenvalue weighted by Gasteiger charge is 2.04. The maximum atomic E-state index is 11.6. The SMILES string of the molecule is CC=CC=NNC(=O)c1ccc(C)c(C)c1. The lowest BCUT2D eigenvalue weighted by molar-refractivity contribution is 0.0955. The Balaban J connectivity index is 2.70. The van der Waals surface area contributed by atoms with E-state index in [1.54, 1.807) is 18.4 Å². The van der Waals surface area contributed by atoms with Crippen LogP contribution in [0, 0.1) is 13.8 Å². The van der Waals surface area contributed by atoms with Gasteiger partial charge in [-0.3, -0.25) is 4.79 Å². The highest BCUT2D eigenvalue weighted by Crippen LogP contribution is 2.09. The van der Waals surface area contributed by atoms with Gasteiger partial charge in [-0.25, -0.2) is 5.43 Å². The van der Waals surface area contributed by atoms with Gasteiger partial charge in [-0.15, -0.1) is 0 Å². The molecule has 1 aromatic carbocycles. The molecular formula is C13H16N2O. The number of allylic oxidation sites excluding steroid dienone is 2. The summed E-state index contributed by atoms with van der Waals surface area (Å²) in [6, 6.07) is 5.58. The molecule has 0 aliphatic carbocycles. The molecule has 1 N–H and O–H groups in total. The van der Waals surface area contributed by atoms with Crippen molar-refractivity contribution in [1.82, 2.24) is 5.43 Å². The van der Waals surface area contributed by atoms with E-state index in [2.05, 4.69) is 10.5 Å². The number of nitrogens with one attached hydrogen (secondary N) is 1. The molecule has 0 bridgehead atoms. The van der Waals surface area contributed by atoms with Crippen LogP contribution in [0.2, 0.25) is 0 Å². The molecule has 0 spiro atoms. The first-order valence-corrected chi connectivity index (χ1v) is 5.17. The van der Waals surface area contributed by atoms with Crippen LogP contribution in [0.5, 0.6) is 0 Å². The van der Waals surface area contributed by atoms with Gasteiger partial charge in [0.05, 0.1) is 0 Å². The number of carbonyl (C=O) groups excluding carboxylic acids is 1. The zero-order valence-electron chi connectivity index (χ0n) is 9.82. The van der Waals surface area contributed by atoms with Crippen LogP contribution >= 0.6 is 0 Å². The zero-order chi connectivity index (χ0) is 12.0. The average Bonchev–Trinajstić information content (AvgIpc) is 2.28. The number of benzene rings is 1. The fourth-order valence-electron chi connectivity index (χ4n) is 1.17. The predicted molar refractivity (Wildman–Crippen MR) is 66.7 cm³/mol. The van der Waals surface area contributed by atoms with Crippen LogP contribution in [0.25, 0.3) is 0 Å². The van der Waals surface area contributed by atoms with Crippen molar-refractivity contribution in [2.75, 3.05) is 0 Å². The van der Waals surface area contributed by atoms with Crippen molar-refractivity contribution in [3.05, 3.63) is 47.0 Å². The first-order valence-electron chi connectivity index (χ1n) is 5.17. The van der Waals surface area contributed by atoms with Crippen LogP contribution in [-0.2, 0) is 0 Å². The fraction of sp³-hybridized carbons (Fsp3) is 0.231. The Morgan fingerprint density at radius 1 is 1.31 bits per heavy atom. The largest absolute Gasteiger partial charge is 0.271 e. The molecule has 0 unspecified atom stereocenters. The molecule has 0 saturated carbocycles. The van der Waals surface area contributed by atoms with Gasteiger partial charge in [0, 0.05) is 11.8 Å². The molecule has 3 heteroatoms. The third-order valence-corrected chi connectivity index (χ3v) is 2.29. The summed E-state index contributed by atoms with van der Waals surface area (Å²) in [5.41, 5.74) is 5.36. The molecule has 0 radical (unpaired) electrons. The third-order valence-electron chi connectivity index (χ3n) is 2.29. The second-order valence-corrected chi connectivity index (χ2v) is 3.54. The van der Waals surface area contributed by atoms with Gasteiger partial charge >= 0.3 is 0 Å². The van der Waals surface area contributed by atoms with Gasteiger partial charge < -0.3 is 0 Å². The van der Waals surface area contributed by atoms with Crippen LogP contribution in [0.4, 0.5) is 0 Å². The maximum Gasteiger partial charge on any atom is 0.271 e. The lowest BCUT2D eigenvalue weighted by Crippen LogP contribution is -2.17. The Kier molecular flexibility index (Phi) is 4.45.